The van der Waals surface area contributed by atoms with E-state index in [0.29, 0.717) is 11.8 Å². The molecule has 222 valence electrons. The maximum Gasteiger partial charge on any atom is 0.418 e. The first-order valence-corrected chi connectivity index (χ1v) is 13.4. The smallest absolute Gasteiger partial charge is 0.418 e. The molecule has 0 radical (unpaired) electrons. The van der Waals surface area contributed by atoms with Gasteiger partial charge in [0.25, 0.3) is 0 Å². The zero-order chi connectivity index (χ0) is 30.3. The number of carbonyl (C=O) groups is 2. The number of halogens is 6. The highest BCUT2D eigenvalue weighted by atomic mass is 32.2. The molecule has 0 aromatic heterocycles. The first kappa shape index (κ1) is 31.0. The van der Waals surface area contributed by atoms with E-state index < -0.39 is 45.9 Å². The van der Waals surface area contributed by atoms with Gasteiger partial charge >= 0.3 is 18.4 Å². The molecular weight excluding hydrogens is 586 g/mol. The summed E-state index contributed by atoms with van der Waals surface area (Å²) in [5.74, 6) is -0.634. The summed E-state index contributed by atoms with van der Waals surface area (Å²) in [5.41, 5.74) is -3.66. The van der Waals surface area contributed by atoms with Crippen LogP contribution in [0.3, 0.4) is 0 Å². The summed E-state index contributed by atoms with van der Waals surface area (Å²) in [6.07, 6.45) is -10.00. The quantitative estimate of drug-likeness (QED) is 0.222. The van der Waals surface area contributed by atoms with Crippen LogP contribution < -0.4 is 5.32 Å². The first-order valence-electron chi connectivity index (χ1n) is 12.5. The van der Waals surface area contributed by atoms with E-state index >= 15 is 0 Å². The Kier molecular flexibility index (Phi) is 9.84. The Morgan fingerprint density at radius 2 is 1.60 bits per heavy atom. The lowest BCUT2D eigenvalue weighted by atomic mass is 9.99. The molecule has 2 amide bonds. The van der Waals surface area contributed by atoms with E-state index in [-0.39, 0.29) is 43.5 Å². The van der Waals surface area contributed by atoms with Crippen LogP contribution in [0.1, 0.15) is 22.3 Å². The fourth-order valence-corrected chi connectivity index (χ4v) is 5.14. The van der Waals surface area contributed by atoms with Crippen LogP contribution in [0.4, 0.5) is 36.8 Å². The maximum absolute atomic E-state index is 14.2. The summed E-state index contributed by atoms with van der Waals surface area (Å²) < 4.78 is 95.2. The molecule has 3 aromatic carbocycles. The molecule has 0 bridgehead atoms. The average molecular weight is 611 g/mol. The minimum absolute atomic E-state index is 0.0187. The van der Waals surface area contributed by atoms with Crippen LogP contribution in [0.2, 0.25) is 0 Å². The second-order valence-corrected chi connectivity index (χ2v) is 10.1. The molecule has 13 heteroatoms. The second kappa shape index (κ2) is 13.3. The highest BCUT2D eigenvalue weighted by molar-refractivity contribution is 7.99. The Labute approximate surface area is 241 Å². The van der Waals surface area contributed by atoms with Gasteiger partial charge in [-0.1, -0.05) is 54.2 Å². The zero-order valence-corrected chi connectivity index (χ0v) is 22.6. The number of carbonyl (C=O) groups excluding carboxylic acids is 2. The molecule has 1 heterocycles. The molecule has 0 aliphatic carbocycles. The number of hydrogen-bond acceptors (Lipinski definition) is 5. The average Bonchev–Trinajstić information content (AvgIpc) is 2.95. The van der Waals surface area contributed by atoms with Crippen LogP contribution in [0.25, 0.3) is 6.08 Å². The molecule has 0 unspecified atom stereocenters. The van der Waals surface area contributed by atoms with Gasteiger partial charge in [0.2, 0.25) is 5.91 Å². The van der Waals surface area contributed by atoms with Crippen LogP contribution in [0.5, 0.6) is 0 Å². The lowest BCUT2D eigenvalue weighted by Gasteiger charge is -2.25. The van der Waals surface area contributed by atoms with Gasteiger partial charge in [0, 0.05) is 34.6 Å². The normalized spacial score (nSPS) is 14.2. The van der Waals surface area contributed by atoms with E-state index in [1.54, 1.807) is 30.3 Å². The maximum atomic E-state index is 14.2. The number of hydrogen-bond donors (Lipinski definition) is 1. The number of benzene rings is 3. The summed E-state index contributed by atoms with van der Waals surface area (Å²) in [4.78, 5) is 25.3. The van der Waals surface area contributed by atoms with Crippen LogP contribution >= 0.6 is 11.8 Å². The molecule has 1 N–H and O–H groups in total. The lowest BCUT2D eigenvalue weighted by Crippen LogP contribution is -2.39. The molecule has 1 fully saturated rings. The summed E-state index contributed by atoms with van der Waals surface area (Å²) in [6.45, 7) is 0.927. The molecule has 0 atom stereocenters. The SMILES string of the molecule is O=C(Nc1cccc(Sc2ccc(/C=C/C(=O)N3CCOCC3)c(C(F)(F)F)c2C(F)(F)F)c1)OCc1ccccc1. The fourth-order valence-electron chi connectivity index (χ4n) is 4.10. The lowest BCUT2D eigenvalue weighted by molar-refractivity contribution is -0.163. The largest absolute Gasteiger partial charge is 0.444 e. The Morgan fingerprint density at radius 3 is 2.26 bits per heavy atom. The Balaban J connectivity index is 1.58. The molecule has 42 heavy (non-hydrogen) atoms. The topological polar surface area (TPSA) is 67.9 Å². The van der Waals surface area contributed by atoms with Crippen molar-refractivity contribution < 1.29 is 45.4 Å². The number of rotatable bonds is 7. The highest BCUT2D eigenvalue weighted by Gasteiger charge is 2.46. The van der Waals surface area contributed by atoms with Crippen molar-refractivity contribution in [1.82, 2.24) is 4.90 Å². The van der Waals surface area contributed by atoms with Gasteiger partial charge in [-0.3, -0.25) is 10.1 Å². The Morgan fingerprint density at radius 1 is 0.905 bits per heavy atom. The third-order valence-electron chi connectivity index (χ3n) is 6.02. The van der Waals surface area contributed by atoms with Crippen molar-refractivity contribution in [3.63, 3.8) is 0 Å². The van der Waals surface area contributed by atoms with Crippen molar-refractivity contribution >= 4 is 35.5 Å². The molecule has 6 nitrogen and oxygen atoms in total. The van der Waals surface area contributed by atoms with E-state index in [0.717, 1.165) is 29.8 Å². The summed E-state index contributed by atoms with van der Waals surface area (Å²) in [5, 5.41) is 2.45. The Bertz CT molecular complexity index is 1440. The van der Waals surface area contributed by atoms with Crippen molar-refractivity contribution in [2.45, 2.75) is 28.8 Å². The molecule has 4 rings (SSSR count). The van der Waals surface area contributed by atoms with Crippen molar-refractivity contribution in [3.05, 3.63) is 95.1 Å². The first-order chi connectivity index (χ1) is 19.9. The standard InChI is InChI=1S/C29H24F6N2O4S/c30-28(31,32)25-20(10-12-24(38)37-13-15-40-16-14-37)9-11-23(26(25)29(33,34)35)42-22-8-4-7-21(17-22)36-27(39)41-18-19-5-2-1-3-6-19/h1-12,17H,13-16,18H2,(H,36,39)/b12-10+. The zero-order valence-electron chi connectivity index (χ0n) is 21.8. The van der Waals surface area contributed by atoms with Gasteiger partial charge in [-0.05, 0) is 41.5 Å². The van der Waals surface area contributed by atoms with Gasteiger partial charge in [0.05, 0.1) is 24.3 Å². The van der Waals surface area contributed by atoms with Crippen molar-refractivity contribution in [2.75, 3.05) is 31.6 Å². The van der Waals surface area contributed by atoms with Crippen molar-refractivity contribution in [2.24, 2.45) is 0 Å². The molecule has 0 spiro atoms. The van der Waals surface area contributed by atoms with Gasteiger partial charge in [-0.25, -0.2) is 4.79 Å². The molecule has 1 aliphatic heterocycles. The monoisotopic (exact) mass is 610 g/mol. The Hall–Kier alpha value is -3.97. The predicted molar refractivity (Wildman–Crippen MR) is 144 cm³/mol. The molecular formula is C29H24F6N2O4S. The summed E-state index contributed by atoms with van der Waals surface area (Å²) in [7, 11) is 0. The van der Waals surface area contributed by atoms with E-state index in [1.807, 2.05) is 0 Å². The third-order valence-corrected chi connectivity index (χ3v) is 7.07. The summed E-state index contributed by atoms with van der Waals surface area (Å²) in [6, 6.07) is 16.3. The van der Waals surface area contributed by atoms with Gasteiger partial charge in [-0.15, -0.1) is 0 Å². The van der Waals surface area contributed by atoms with E-state index in [1.165, 1.54) is 29.2 Å². The van der Waals surface area contributed by atoms with E-state index in [9.17, 15) is 35.9 Å². The van der Waals surface area contributed by atoms with E-state index in [4.69, 9.17) is 9.47 Å². The van der Waals surface area contributed by atoms with Crippen LogP contribution in [0, 0.1) is 0 Å². The third kappa shape index (κ3) is 8.29. The highest BCUT2D eigenvalue weighted by Crippen LogP contribution is 2.48. The molecule has 3 aromatic rings. The fraction of sp³-hybridized carbons (Fsp3) is 0.241. The number of nitrogens with zero attached hydrogens (tertiary/aromatic N) is 1. The van der Waals surface area contributed by atoms with Gasteiger partial charge in [0.15, 0.2) is 0 Å². The molecule has 1 saturated heterocycles. The van der Waals surface area contributed by atoms with Gasteiger partial charge in [-0.2, -0.15) is 26.3 Å². The number of nitrogens with one attached hydrogen (secondary N) is 1. The number of alkyl halides is 6. The van der Waals surface area contributed by atoms with Crippen LogP contribution in [-0.4, -0.2) is 43.2 Å². The minimum atomic E-state index is -5.38. The number of ether oxygens (including phenoxy) is 2. The van der Waals surface area contributed by atoms with Crippen LogP contribution in [0.15, 0.2) is 82.6 Å². The summed E-state index contributed by atoms with van der Waals surface area (Å²) >= 11 is 0.453. The predicted octanol–water partition coefficient (Wildman–Crippen LogP) is 7.50. The number of morpholine rings is 1. The van der Waals surface area contributed by atoms with Gasteiger partial charge in [0.1, 0.15) is 6.61 Å². The van der Waals surface area contributed by atoms with Crippen LogP contribution in [-0.2, 0) is 33.2 Å². The second-order valence-electron chi connectivity index (χ2n) is 8.99. The minimum Gasteiger partial charge on any atom is -0.444 e. The van der Waals surface area contributed by atoms with Crippen molar-refractivity contribution in [3.8, 4) is 0 Å². The van der Waals surface area contributed by atoms with Gasteiger partial charge < -0.3 is 14.4 Å². The number of amides is 2. The molecule has 1 aliphatic rings. The van der Waals surface area contributed by atoms with Crippen molar-refractivity contribution in [1.29, 1.82) is 0 Å². The number of anilines is 1. The molecule has 0 saturated carbocycles. The van der Waals surface area contributed by atoms with E-state index in [2.05, 4.69) is 5.32 Å².